The summed E-state index contributed by atoms with van der Waals surface area (Å²) in [6.45, 7) is 13.9. The molecule has 0 aliphatic rings. The highest BCUT2D eigenvalue weighted by Crippen LogP contribution is 2.19. The Kier molecular flexibility index (Phi) is 7.17. The maximum atomic E-state index is 11.7. The minimum absolute atomic E-state index is 0.248. The molecular formula is C15H28O2. The van der Waals surface area contributed by atoms with Gasteiger partial charge in [-0.15, -0.1) is 0 Å². The summed E-state index contributed by atoms with van der Waals surface area (Å²) in [7, 11) is 0. The summed E-state index contributed by atoms with van der Waals surface area (Å²) in [4.78, 5) is 11.7. The maximum Gasteiger partial charge on any atom is 0.333 e. The van der Waals surface area contributed by atoms with Gasteiger partial charge in [-0.2, -0.15) is 0 Å². The van der Waals surface area contributed by atoms with Crippen molar-refractivity contribution in [2.75, 3.05) is 0 Å². The van der Waals surface area contributed by atoms with Gasteiger partial charge in [0.1, 0.15) is 5.60 Å². The van der Waals surface area contributed by atoms with Crippen molar-refractivity contribution in [3.63, 3.8) is 0 Å². The molecule has 0 aromatic heterocycles. The molecular weight excluding hydrogens is 212 g/mol. The van der Waals surface area contributed by atoms with Crippen molar-refractivity contribution in [3.8, 4) is 0 Å². The number of hydrogen-bond acceptors (Lipinski definition) is 2. The fourth-order valence-electron chi connectivity index (χ4n) is 1.75. The Labute approximate surface area is 106 Å². The van der Waals surface area contributed by atoms with Crippen LogP contribution < -0.4 is 0 Å². The van der Waals surface area contributed by atoms with Crippen molar-refractivity contribution in [1.29, 1.82) is 0 Å². The van der Waals surface area contributed by atoms with E-state index in [1.54, 1.807) is 0 Å². The van der Waals surface area contributed by atoms with Gasteiger partial charge in [0.05, 0.1) is 0 Å². The number of ether oxygens (including phenoxy) is 1. The Morgan fingerprint density at radius 2 is 1.76 bits per heavy atom. The average molecular weight is 240 g/mol. The molecule has 0 saturated carbocycles. The summed E-state index contributed by atoms with van der Waals surface area (Å²) in [5, 5.41) is 0. The van der Waals surface area contributed by atoms with Gasteiger partial charge in [0.15, 0.2) is 0 Å². The van der Waals surface area contributed by atoms with Crippen molar-refractivity contribution in [3.05, 3.63) is 12.2 Å². The van der Waals surface area contributed by atoms with E-state index in [0.29, 0.717) is 5.57 Å². The predicted octanol–water partition coefficient (Wildman–Crippen LogP) is 4.49. The van der Waals surface area contributed by atoms with Gasteiger partial charge in [-0.25, -0.2) is 4.79 Å². The SMILES string of the molecule is C=C(CCCC(CC)CC)C(=O)OC(C)(C)C. The molecule has 0 aliphatic heterocycles. The molecule has 0 heterocycles. The van der Waals surface area contributed by atoms with E-state index in [0.717, 1.165) is 18.8 Å². The topological polar surface area (TPSA) is 26.3 Å². The van der Waals surface area contributed by atoms with Crippen LogP contribution in [0.4, 0.5) is 0 Å². The molecule has 0 spiro atoms. The second kappa shape index (κ2) is 7.52. The van der Waals surface area contributed by atoms with Gasteiger partial charge in [-0.3, -0.25) is 0 Å². The summed E-state index contributed by atoms with van der Waals surface area (Å²) >= 11 is 0. The lowest BCUT2D eigenvalue weighted by Gasteiger charge is -2.20. The molecule has 0 aromatic rings. The molecule has 0 amide bonds. The highest BCUT2D eigenvalue weighted by Gasteiger charge is 2.18. The summed E-state index contributed by atoms with van der Waals surface area (Å²) in [5.41, 5.74) is 0.181. The Bertz CT molecular complexity index is 244. The molecule has 0 unspecified atom stereocenters. The van der Waals surface area contributed by atoms with Crippen LogP contribution in [0.15, 0.2) is 12.2 Å². The van der Waals surface area contributed by atoms with E-state index in [1.165, 1.54) is 19.3 Å². The van der Waals surface area contributed by atoms with Crippen molar-refractivity contribution in [2.45, 2.75) is 72.3 Å². The van der Waals surface area contributed by atoms with Gasteiger partial charge in [-0.1, -0.05) is 39.7 Å². The normalized spacial score (nSPS) is 11.6. The van der Waals surface area contributed by atoms with Gasteiger partial charge in [0, 0.05) is 5.57 Å². The van der Waals surface area contributed by atoms with Crippen LogP contribution >= 0.6 is 0 Å². The Morgan fingerprint density at radius 1 is 1.24 bits per heavy atom. The second-order valence-electron chi connectivity index (χ2n) is 5.68. The molecule has 0 N–H and O–H groups in total. The van der Waals surface area contributed by atoms with Crippen LogP contribution in [-0.2, 0) is 9.53 Å². The number of rotatable bonds is 7. The Morgan fingerprint density at radius 3 is 2.18 bits per heavy atom. The zero-order valence-electron chi connectivity index (χ0n) is 12.1. The highest BCUT2D eigenvalue weighted by molar-refractivity contribution is 5.87. The van der Waals surface area contributed by atoms with Crippen LogP contribution in [0.5, 0.6) is 0 Å². The lowest BCUT2D eigenvalue weighted by molar-refractivity contribution is -0.150. The quantitative estimate of drug-likeness (QED) is 0.484. The first-order chi connectivity index (χ1) is 7.80. The summed E-state index contributed by atoms with van der Waals surface area (Å²) in [6.07, 6.45) is 5.40. The number of esters is 1. The van der Waals surface area contributed by atoms with Crippen LogP contribution in [0.25, 0.3) is 0 Å². The Balaban J connectivity index is 3.90. The number of carbonyl (C=O) groups excluding carboxylic acids is 1. The van der Waals surface area contributed by atoms with Gasteiger partial charge >= 0.3 is 5.97 Å². The third-order valence-corrected chi connectivity index (χ3v) is 2.93. The van der Waals surface area contributed by atoms with Crippen molar-refractivity contribution in [1.82, 2.24) is 0 Å². The summed E-state index contributed by atoms with van der Waals surface area (Å²) in [6, 6.07) is 0. The largest absolute Gasteiger partial charge is 0.457 e. The zero-order valence-corrected chi connectivity index (χ0v) is 12.1. The average Bonchev–Trinajstić information content (AvgIpc) is 2.21. The summed E-state index contributed by atoms with van der Waals surface area (Å²) in [5.74, 6) is 0.531. The Hall–Kier alpha value is -0.790. The molecule has 0 bridgehead atoms. The molecule has 0 fully saturated rings. The second-order valence-corrected chi connectivity index (χ2v) is 5.68. The molecule has 2 nitrogen and oxygen atoms in total. The highest BCUT2D eigenvalue weighted by atomic mass is 16.6. The smallest absolute Gasteiger partial charge is 0.333 e. The van der Waals surface area contributed by atoms with E-state index in [2.05, 4.69) is 20.4 Å². The molecule has 100 valence electrons. The first kappa shape index (κ1) is 16.2. The monoisotopic (exact) mass is 240 g/mol. The predicted molar refractivity (Wildman–Crippen MR) is 72.9 cm³/mol. The van der Waals surface area contributed by atoms with E-state index in [9.17, 15) is 4.79 Å². The first-order valence-corrected chi connectivity index (χ1v) is 6.71. The minimum Gasteiger partial charge on any atom is -0.457 e. The molecule has 0 aromatic carbocycles. The molecule has 0 aliphatic carbocycles. The van der Waals surface area contributed by atoms with Crippen molar-refractivity contribution in [2.24, 2.45) is 5.92 Å². The van der Waals surface area contributed by atoms with E-state index < -0.39 is 5.60 Å². The molecule has 0 saturated heterocycles. The van der Waals surface area contributed by atoms with Gasteiger partial charge in [-0.05, 0) is 39.5 Å². The van der Waals surface area contributed by atoms with E-state index in [1.807, 2.05) is 20.8 Å². The lowest BCUT2D eigenvalue weighted by atomic mass is 9.95. The van der Waals surface area contributed by atoms with Crippen LogP contribution in [0.2, 0.25) is 0 Å². The maximum absolute atomic E-state index is 11.7. The molecule has 17 heavy (non-hydrogen) atoms. The van der Waals surface area contributed by atoms with Gasteiger partial charge in [0.2, 0.25) is 0 Å². The molecule has 0 atom stereocenters. The molecule has 0 rings (SSSR count). The minimum atomic E-state index is -0.421. The fraction of sp³-hybridized carbons (Fsp3) is 0.800. The lowest BCUT2D eigenvalue weighted by Crippen LogP contribution is -2.24. The van der Waals surface area contributed by atoms with Crippen LogP contribution in [0, 0.1) is 5.92 Å². The van der Waals surface area contributed by atoms with Crippen LogP contribution in [0.1, 0.15) is 66.7 Å². The zero-order chi connectivity index (χ0) is 13.5. The van der Waals surface area contributed by atoms with E-state index >= 15 is 0 Å². The standard InChI is InChI=1S/C15H28O2/c1-7-13(8-2)11-9-10-12(3)14(16)17-15(4,5)6/h13H,3,7-11H2,1-2,4-6H3. The summed E-state index contributed by atoms with van der Waals surface area (Å²) < 4.78 is 5.27. The van der Waals surface area contributed by atoms with Gasteiger partial charge < -0.3 is 4.74 Å². The first-order valence-electron chi connectivity index (χ1n) is 6.71. The van der Waals surface area contributed by atoms with Crippen molar-refractivity contribution >= 4 is 5.97 Å². The van der Waals surface area contributed by atoms with Crippen molar-refractivity contribution < 1.29 is 9.53 Å². The van der Waals surface area contributed by atoms with E-state index in [4.69, 9.17) is 4.74 Å². The van der Waals surface area contributed by atoms with Crippen LogP contribution in [-0.4, -0.2) is 11.6 Å². The number of hydrogen-bond donors (Lipinski definition) is 0. The van der Waals surface area contributed by atoms with Gasteiger partial charge in [0.25, 0.3) is 0 Å². The third kappa shape index (κ3) is 8.00. The third-order valence-electron chi connectivity index (χ3n) is 2.93. The molecule has 0 radical (unpaired) electrons. The molecule has 2 heteroatoms. The number of carbonyl (C=O) groups is 1. The van der Waals surface area contributed by atoms with E-state index in [-0.39, 0.29) is 5.97 Å². The van der Waals surface area contributed by atoms with Crippen LogP contribution in [0.3, 0.4) is 0 Å². The fourth-order valence-corrected chi connectivity index (χ4v) is 1.75.